The number of likely N-dealkylation sites (N-methyl/N-ethyl adjacent to an activating group) is 1. The molecule has 7 nitrogen and oxygen atoms in total. The molecule has 26 heavy (non-hydrogen) atoms. The Kier molecular flexibility index (Phi) is 6.96. The van der Waals surface area contributed by atoms with Crippen molar-refractivity contribution in [2.24, 2.45) is 0 Å². The van der Waals surface area contributed by atoms with Crippen molar-refractivity contribution in [3.05, 3.63) is 48.3 Å². The van der Waals surface area contributed by atoms with E-state index < -0.39 is 0 Å². The summed E-state index contributed by atoms with van der Waals surface area (Å²) in [5.74, 6) is 0.606. The Bertz CT molecular complexity index is 750. The van der Waals surface area contributed by atoms with Gasteiger partial charge < -0.3 is 19.7 Å². The molecular formula is C19H23N3O4. The van der Waals surface area contributed by atoms with Crippen molar-refractivity contribution < 1.29 is 19.1 Å². The molecule has 0 aliphatic carbocycles. The van der Waals surface area contributed by atoms with Gasteiger partial charge in [0.25, 0.3) is 5.91 Å². The van der Waals surface area contributed by atoms with Gasteiger partial charge >= 0.3 is 0 Å². The maximum absolute atomic E-state index is 12.3. The van der Waals surface area contributed by atoms with E-state index in [1.54, 1.807) is 43.6 Å². The van der Waals surface area contributed by atoms with E-state index in [1.807, 2.05) is 13.8 Å². The zero-order chi connectivity index (χ0) is 18.9. The van der Waals surface area contributed by atoms with E-state index in [1.165, 1.54) is 11.1 Å². The maximum atomic E-state index is 12.3. The first-order chi connectivity index (χ1) is 12.5. The minimum Gasteiger partial charge on any atom is -0.490 e. The predicted octanol–water partition coefficient (Wildman–Crippen LogP) is 2.59. The summed E-state index contributed by atoms with van der Waals surface area (Å²) in [6, 6.07) is 8.51. The quantitative estimate of drug-likeness (QED) is 0.785. The third-order valence-corrected chi connectivity index (χ3v) is 3.46. The Morgan fingerprint density at radius 1 is 1.12 bits per heavy atom. The van der Waals surface area contributed by atoms with Gasteiger partial charge in [0.2, 0.25) is 5.91 Å². The number of nitrogens with zero attached hydrogens (tertiary/aromatic N) is 2. The van der Waals surface area contributed by atoms with Crippen LogP contribution in [0.15, 0.2) is 42.7 Å². The molecule has 2 amide bonds. The molecule has 0 saturated carbocycles. The molecule has 0 fully saturated rings. The highest BCUT2D eigenvalue weighted by molar-refractivity contribution is 5.99. The van der Waals surface area contributed by atoms with Crippen LogP contribution in [0.3, 0.4) is 0 Å². The van der Waals surface area contributed by atoms with Crippen LogP contribution in [0, 0.1) is 0 Å². The second-order valence-corrected chi connectivity index (χ2v) is 5.48. The summed E-state index contributed by atoms with van der Waals surface area (Å²) in [6.07, 6.45) is 3.06. The van der Waals surface area contributed by atoms with Crippen LogP contribution in [0.4, 0.5) is 5.69 Å². The molecule has 1 N–H and O–H groups in total. The van der Waals surface area contributed by atoms with Gasteiger partial charge in [-0.15, -0.1) is 0 Å². The molecule has 0 radical (unpaired) electrons. The summed E-state index contributed by atoms with van der Waals surface area (Å²) in [7, 11) is 1.57. The minimum atomic E-state index is -0.309. The average Bonchev–Trinajstić information content (AvgIpc) is 2.64. The van der Waals surface area contributed by atoms with Crippen molar-refractivity contribution in [3.8, 4) is 11.5 Å². The number of hydrogen-bond donors (Lipinski definition) is 1. The number of anilines is 1. The molecule has 138 valence electrons. The number of rotatable bonds is 8. The Morgan fingerprint density at radius 2 is 1.85 bits per heavy atom. The lowest BCUT2D eigenvalue weighted by Gasteiger charge is -2.17. The Morgan fingerprint density at radius 3 is 2.50 bits per heavy atom. The van der Waals surface area contributed by atoms with Crippen molar-refractivity contribution in [1.82, 2.24) is 9.88 Å². The van der Waals surface area contributed by atoms with Gasteiger partial charge in [-0.1, -0.05) is 0 Å². The van der Waals surface area contributed by atoms with Gasteiger partial charge in [-0.05, 0) is 38.1 Å². The maximum Gasteiger partial charge on any atom is 0.255 e. The topological polar surface area (TPSA) is 80.8 Å². The summed E-state index contributed by atoms with van der Waals surface area (Å²) < 4.78 is 11.0. The second kappa shape index (κ2) is 9.41. The van der Waals surface area contributed by atoms with E-state index in [0.29, 0.717) is 36.0 Å². The molecule has 7 heteroatoms. The number of carbonyl (C=O) groups excluding carboxylic acids is 2. The number of aromatic nitrogens is 1. The number of nitrogens with one attached hydrogen (secondary N) is 1. The van der Waals surface area contributed by atoms with Crippen LogP contribution in [0.1, 0.15) is 24.2 Å². The number of hydrogen-bond acceptors (Lipinski definition) is 5. The van der Waals surface area contributed by atoms with Crippen LogP contribution in [-0.4, -0.2) is 48.5 Å². The van der Waals surface area contributed by atoms with Crippen LogP contribution >= 0.6 is 0 Å². The molecule has 0 unspecified atom stereocenters. The van der Waals surface area contributed by atoms with Gasteiger partial charge in [0.15, 0.2) is 11.5 Å². The van der Waals surface area contributed by atoms with Crippen LogP contribution in [0.2, 0.25) is 0 Å². The third-order valence-electron chi connectivity index (χ3n) is 3.46. The Balaban J connectivity index is 2.00. The first kappa shape index (κ1) is 19.2. The zero-order valence-electron chi connectivity index (χ0n) is 15.2. The largest absolute Gasteiger partial charge is 0.490 e. The smallest absolute Gasteiger partial charge is 0.255 e. The molecule has 0 atom stereocenters. The summed E-state index contributed by atoms with van der Waals surface area (Å²) in [6.45, 7) is 4.69. The molecule has 0 aliphatic heterocycles. The fourth-order valence-electron chi connectivity index (χ4n) is 2.33. The number of pyridine rings is 1. The molecule has 1 aromatic heterocycles. The summed E-state index contributed by atoms with van der Waals surface area (Å²) >= 11 is 0. The van der Waals surface area contributed by atoms with E-state index >= 15 is 0 Å². The molecule has 0 saturated heterocycles. The highest BCUT2D eigenvalue weighted by Crippen LogP contribution is 2.30. The van der Waals surface area contributed by atoms with Gasteiger partial charge in [0.1, 0.15) is 0 Å². The lowest BCUT2D eigenvalue weighted by atomic mass is 10.2. The number of benzene rings is 1. The summed E-state index contributed by atoms with van der Waals surface area (Å²) in [4.78, 5) is 29.8. The van der Waals surface area contributed by atoms with Crippen LogP contribution in [0.5, 0.6) is 11.5 Å². The molecule has 1 aromatic carbocycles. The number of amides is 2. The van der Waals surface area contributed by atoms with E-state index in [0.717, 1.165) is 0 Å². The van der Waals surface area contributed by atoms with Gasteiger partial charge in [0.05, 0.1) is 25.3 Å². The van der Waals surface area contributed by atoms with Crippen molar-refractivity contribution in [2.45, 2.75) is 13.8 Å². The molecule has 0 bridgehead atoms. The predicted molar refractivity (Wildman–Crippen MR) is 98.6 cm³/mol. The lowest BCUT2D eigenvalue weighted by molar-refractivity contribution is -0.116. The molecule has 1 heterocycles. The van der Waals surface area contributed by atoms with Crippen molar-refractivity contribution in [1.29, 1.82) is 0 Å². The third kappa shape index (κ3) is 5.20. The van der Waals surface area contributed by atoms with Gasteiger partial charge in [0, 0.05) is 31.2 Å². The van der Waals surface area contributed by atoms with Gasteiger partial charge in [-0.3, -0.25) is 14.6 Å². The molecule has 2 aromatic rings. The highest BCUT2D eigenvalue weighted by atomic mass is 16.5. The SMILES string of the molecule is CCOc1ccc(NC(=O)CN(C)C(=O)c2cccnc2)cc1OCC. The van der Waals surface area contributed by atoms with Crippen molar-refractivity contribution in [2.75, 3.05) is 32.1 Å². The van der Waals surface area contributed by atoms with E-state index in [4.69, 9.17) is 9.47 Å². The first-order valence-corrected chi connectivity index (χ1v) is 8.40. The van der Waals surface area contributed by atoms with Crippen molar-refractivity contribution >= 4 is 17.5 Å². The molecule has 0 spiro atoms. The van der Waals surface area contributed by atoms with E-state index in [9.17, 15) is 9.59 Å². The second-order valence-electron chi connectivity index (χ2n) is 5.48. The molecule has 2 rings (SSSR count). The highest BCUT2D eigenvalue weighted by Gasteiger charge is 2.15. The monoisotopic (exact) mass is 357 g/mol. The van der Waals surface area contributed by atoms with Gasteiger partial charge in [-0.2, -0.15) is 0 Å². The van der Waals surface area contributed by atoms with Crippen LogP contribution < -0.4 is 14.8 Å². The molecular weight excluding hydrogens is 334 g/mol. The number of carbonyl (C=O) groups is 2. The van der Waals surface area contributed by atoms with E-state index in [-0.39, 0.29) is 18.4 Å². The van der Waals surface area contributed by atoms with Gasteiger partial charge in [-0.25, -0.2) is 0 Å². The zero-order valence-corrected chi connectivity index (χ0v) is 15.2. The minimum absolute atomic E-state index is 0.0785. The lowest BCUT2D eigenvalue weighted by Crippen LogP contribution is -2.34. The summed E-state index contributed by atoms with van der Waals surface area (Å²) in [5.41, 5.74) is 1.01. The van der Waals surface area contributed by atoms with Crippen LogP contribution in [0.25, 0.3) is 0 Å². The van der Waals surface area contributed by atoms with Crippen LogP contribution in [-0.2, 0) is 4.79 Å². The standard InChI is InChI=1S/C19H23N3O4/c1-4-25-16-9-8-15(11-17(16)26-5-2)21-18(23)13-22(3)19(24)14-7-6-10-20-12-14/h6-12H,4-5,13H2,1-3H3,(H,21,23). The Labute approximate surface area is 152 Å². The normalized spacial score (nSPS) is 10.1. The first-order valence-electron chi connectivity index (χ1n) is 8.40. The van der Waals surface area contributed by atoms with Crippen molar-refractivity contribution in [3.63, 3.8) is 0 Å². The Hall–Kier alpha value is -3.09. The summed E-state index contributed by atoms with van der Waals surface area (Å²) in [5, 5.41) is 2.76. The fraction of sp³-hybridized carbons (Fsp3) is 0.316. The fourth-order valence-corrected chi connectivity index (χ4v) is 2.33. The molecule has 0 aliphatic rings. The number of ether oxygens (including phenoxy) is 2. The van der Waals surface area contributed by atoms with E-state index in [2.05, 4.69) is 10.3 Å². The average molecular weight is 357 g/mol.